The van der Waals surface area contributed by atoms with E-state index >= 15 is 0 Å². The van der Waals surface area contributed by atoms with Crippen LogP contribution in [-0.2, 0) is 22.7 Å². The summed E-state index contributed by atoms with van der Waals surface area (Å²) in [5, 5.41) is 13.8. The first-order valence-electron chi connectivity index (χ1n) is 9.55. The molecule has 2 heterocycles. The standard InChI is InChI=1S/C20H25N5O3/c1-28-12-18-22-14-5-2-3-7-16(14)25(18)11-19(26)23-15-6-4-8-17(20(15)27)24-10-9-21-13-24/h2-3,5,7,9-10,13,15,17,20,27H,4,6,8,11-12H2,1H3,(H,23,26)/t15-,17-,20-/m1/s1. The zero-order valence-electron chi connectivity index (χ0n) is 15.9. The summed E-state index contributed by atoms with van der Waals surface area (Å²) in [6.45, 7) is 0.467. The third kappa shape index (κ3) is 3.65. The molecule has 0 saturated heterocycles. The van der Waals surface area contributed by atoms with Gasteiger partial charge in [0, 0.05) is 19.5 Å². The number of para-hydroxylation sites is 2. The second kappa shape index (κ2) is 8.12. The summed E-state index contributed by atoms with van der Waals surface area (Å²) in [5.41, 5.74) is 1.73. The maximum Gasteiger partial charge on any atom is 0.240 e. The number of nitrogens with one attached hydrogen (secondary N) is 1. The van der Waals surface area contributed by atoms with Crippen molar-refractivity contribution >= 4 is 16.9 Å². The second-order valence-corrected chi connectivity index (χ2v) is 7.21. The van der Waals surface area contributed by atoms with E-state index in [0.29, 0.717) is 12.4 Å². The first-order chi connectivity index (χ1) is 13.7. The number of nitrogens with zero attached hydrogens (tertiary/aromatic N) is 4. The van der Waals surface area contributed by atoms with Gasteiger partial charge in [-0.15, -0.1) is 0 Å². The molecule has 1 fully saturated rings. The van der Waals surface area contributed by atoms with E-state index in [-0.39, 0.29) is 24.5 Å². The van der Waals surface area contributed by atoms with Crippen molar-refractivity contribution in [3.63, 3.8) is 0 Å². The Morgan fingerprint density at radius 2 is 2.21 bits per heavy atom. The van der Waals surface area contributed by atoms with Crippen LogP contribution >= 0.6 is 0 Å². The molecule has 0 spiro atoms. The number of hydrogen-bond donors (Lipinski definition) is 2. The van der Waals surface area contributed by atoms with Gasteiger partial charge in [0.2, 0.25) is 5.91 Å². The molecule has 0 unspecified atom stereocenters. The van der Waals surface area contributed by atoms with E-state index in [1.54, 1.807) is 19.6 Å². The van der Waals surface area contributed by atoms with Gasteiger partial charge in [-0.1, -0.05) is 12.1 Å². The molecular formula is C20H25N5O3. The largest absolute Gasteiger partial charge is 0.389 e. The average molecular weight is 383 g/mol. The van der Waals surface area contributed by atoms with Gasteiger partial charge < -0.3 is 24.3 Å². The molecule has 8 heteroatoms. The summed E-state index contributed by atoms with van der Waals surface area (Å²) in [7, 11) is 1.61. The zero-order chi connectivity index (χ0) is 19.5. The molecule has 1 aliphatic rings. The monoisotopic (exact) mass is 383 g/mol. The highest BCUT2D eigenvalue weighted by Crippen LogP contribution is 2.29. The van der Waals surface area contributed by atoms with Gasteiger partial charge in [0.05, 0.1) is 35.5 Å². The van der Waals surface area contributed by atoms with Crippen LogP contribution in [0.5, 0.6) is 0 Å². The summed E-state index contributed by atoms with van der Waals surface area (Å²) in [5.74, 6) is 0.565. The first-order valence-corrected chi connectivity index (χ1v) is 9.55. The molecule has 8 nitrogen and oxygen atoms in total. The number of benzene rings is 1. The minimum Gasteiger partial charge on any atom is -0.389 e. The second-order valence-electron chi connectivity index (χ2n) is 7.21. The molecule has 0 radical (unpaired) electrons. The fourth-order valence-corrected chi connectivity index (χ4v) is 4.04. The highest BCUT2D eigenvalue weighted by molar-refractivity contribution is 5.81. The van der Waals surface area contributed by atoms with E-state index in [9.17, 15) is 9.90 Å². The molecular weight excluding hydrogens is 358 g/mol. The van der Waals surface area contributed by atoms with Crippen LogP contribution in [0.1, 0.15) is 31.1 Å². The lowest BCUT2D eigenvalue weighted by molar-refractivity contribution is -0.124. The Kier molecular flexibility index (Phi) is 5.40. The third-order valence-corrected chi connectivity index (χ3v) is 5.38. The van der Waals surface area contributed by atoms with Gasteiger partial charge in [-0.2, -0.15) is 0 Å². The van der Waals surface area contributed by atoms with Gasteiger partial charge in [-0.05, 0) is 31.4 Å². The minimum absolute atomic E-state index is 0.0697. The molecule has 0 bridgehead atoms. The average Bonchev–Trinajstić information content (AvgIpc) is 3.33. The fourth-order valence-electron chi connectivity index (χ4n) is 4.04. The maximum atomic E-state index is 12.8. The molecule has 28 heavy (non-hydrogen) atoms. The van der Waals surface area contributed by atoms with Crippen molar-refractivity contribution in [1.82, 2.24) is 24.4 Å². The lowest BCUT2D eigenvalue weighted by atomic mass is 9.88. The Balaban J connectivity index is 1.48. The van der Waals surface area contributed by atoms with Crippen molar-refractivity contribution in [2.45, 2.75) is 50.6 Å². The summed E-state index contributed by atoms with van der Waals surface area (Å²) in [6, 6.07) is 7.36. The number of imidazole rings is 2. The number of hydrogen-bond acceptors (Lipinski definition) is 5. The smallest absolute Gasteiger partial charge is 0.240 e. The van der Waals surface area contributed by atoms with E-state index in [2.05, 4.69) is 15.3 Å². The van der Waals surface area contributed by atoms with Crippen LogP contribution in [0.25, 0.3) is 11.0 Å². The van der Waals surface area contributed by atoms with E-state index in [4.69, 9.17) is 4.74 Å². The SMILES string of the molecule is COCc1nc2ccccc2n1CC(=O)N[C@@H]1CCC[C@@H](n2ccnc2)[C@@H]1O. The molecule has 1 saturated carbocycles. The number of aliphatic hydroxyl groups excluding tert-OH is 1. The van der Waals surface area contributed by atoms with Crippen LogP contribution in [0.4, 0.5) is 0 Å². The minimum atomic E-state index is -0.648. The van der Waals surface area contributed by atoms with E-state index < -0.39 is 6.10 Å². The Morgan fingerprint density at radius 1 is 1.36 bits per heavy atom. The zero-order valence-corrected chi connectivity index (χ0v) is 15.9. The maximum absolute atomic E-state index is 12.8. The molecule has 4 rings (SSSR count). The van der Waals surface area contributed by atoms with E-state index in [1.165, 1.54) is 0 Å². The van der Waals surface area contributed by atoms with Gasteiger partial charge in [0.1, 0.15) is 19.0 Å². The van der Waals surface area contributed by atoms with E-state index in [1.807, 2.05) is 39.6 Å². The first kappa shape index (κ1) is 18.6. The quantitative estimate of drug-likeness (QED) is 0.675. The molecule has 148 valence electrons. The Hall–Kier alpha value is -2.71. The number of fused-ring (bicyclic) bond motifs is 1. The van der Waals surface area contributed by atoms with Gasteiger partial charge >= 0.3 is 0 Å². The Bertz CT molecular complexity index is 937. The van der Waals surface area contributed by atoms with Crippen molar-refractivity contribution in [3.8, 4) is 0 Å². The molecule has 3 atom stereocenters. The summed E-state index contributed by atoms with van der Waals surface area (Å²) >= 11 is 0. The van der Waals surface area contributed by atoms with Crippen molar-refractivity contribution in [3.05, 3.63) is 48.8 Å². The van der Waals surface area contributed by atoms with Crippen LogP contribution < -0.4 is 5.32 Å². The molecule has 1 amide bonds. The van der Waals surface area contributed by atoms with Crippen LogP contribution in [0, 0.1) is 0 Å². The molecule has 2 aromatic heterocycles. The van der Waals surface area contributed by atoms with Crippen LogP contribution in [0.3, 0.4) is 0 Å². The van der Waals surface area contributed by atoms with Crippen LogP contribution in [0.15, 0.2) is 43.0 Å². The van der Waals surface area contributed by atoms with Gasteiger partial charge in [0.25, 0.3) is 0 Å². The van der Waals surface area contributed by atoms with Crippen molar-refractivity contribution in [2.24, 2.45) is 0 Å². The molecule has 0 aliphatic heterocycles. The number of carbonyl (C=O) groups is 1. The predicted molar refractivity (Wildman–Crippen MR) is 103 cm³/mol. The molecule has 1 aromatic carbocycles. The predicted octanol–water partition coefficient (Wildman–Crippen LogP) is 1.65. The summed E-state index contributed by atoms with van der Waals surface area (Å²) in [6.07, 6.45) is 7.19. The third-order valence-electron chi connectivity index (χ3n) is 5.38. The normalized spacial score (nSPS) is 22.4. The lowest BCUT2D eigenvalue weighted by Crippen LogP contribution is -2.50. The number of rotatable bonds is 6. The van der Waals surface area contributed by atoms with Gasteiger partial charge in [-0.25, -0.2) is 9.97 Å². The Morgan fingerprint density at radius 3 is 3.00 bits per heavy atom. The number of carbonyl (C=O) groups excluding carboxylic acids is 1. The molecule has 2 N–H and O–H groups in total. The molecule has 1 aliphatic carbocycles. The van der Waals surface area contributed by atoms with Crippen LogP contribution in [-0.4, -0.2) is 49.4 Å². The number of aliphatic hydroxyl groups is 1. The number of amides is 1. The van der Waals surface area contributed by atoms with Gasteiger partial charge in [0.15, 0.2) is 0 Å². The number of methoxy groups -OCH3 is 1. The summed E-state index contributed by atoms with van der Waals surface area (Å²) < 4.78 is 9.03. The highest BCUT2D eigenvalue weighted by atomic mass is 16.5. The van der Waals surface area contributed by atoms with E-state index in [0.717, 1.165) is 30.3 Å². The molecule has 3 aromatic rings. The van der Waals surface area contributed by atoms with Crippen molar-refractivity contribution in [1.29, 1.82) is 0 Å². The number of aromatic nitrogens is 4. The van der Waals surface area contributed by atoms with Crippen molar-refractivity contribution in [2.75, 3.05) is 7.11 Å². The topological polar surface area (TPSA) is 94.2 Å². The fraction of sp³-hybridized carbons (Fsp3) is 0.450. The number of ether oxygens (including phenoxy) is 1. The van der Waals surface area contributed by atoms with Crippen molar-refractivity contribution < 1.29 is 14.6 Å². The lowest BCUT2D eigenvalue weighted by Gasteiger charge is -2.35. The van der Waals surface area contributed by atoms with Gasteiger partial charge in [-0.3, -0.25) is 4.79 Å². The Labute approximate surface area is 163 Å². The highest BCUT2D eigenvalue weighted by Gasteiger charge is 2.33. The van der Waals surface area contributed by atoms with Crippen LogP contribution in [0.2, 0.25) is 0 Å². The summed E-state index contributed by atoms with van der Waals surface area (Å²) in [4.78, 5) is 21.4.